The van der Waals surface area contributed by atoms with E-state index in [1.807, 2.05) is 0 Å². The van der Waals surface area contributed by atoms with E-state index in [2.05, 4.69) is 9.88 Å². The van der Waals surface area contributed by atoms with Gasteiger partial charge in [-0.3, -0.25) is 0 Å². The molecule has 10 heteroatoms. The van der Waals surface area contributed by atoms with Crippen LogP contribution in [0.15, 0.2) is 20.9 Å². The van der Waals surface area contributed by atoms with Crippen molar-refractivity contribution in [1.82, 2.24) is 5.16 Å². The average molecular weight is 397 g/mol. The zero-order valence-corrected chi connectivity index (χ0v) is 15.6. The highest BCUT2D eigenvalue weighted by atomic mass is 35.5. The van der Waals surface area contributed by atoms with Crippen LogP contribution in [0.3, 0.4) is 0 Å². The molecule has 1 N–H and O–H groups in total. The normalized spacial score (nSPS) is 16.8. The van der Waals surface area contributed by atoms with Crippen molar-refractivity contribution in [3.05, 3.63) is 27.0 Å². The Morgan fingerprint density at radius 3 is 2.77 bits per heavy atom. The molecular weight excluding hydrogens is 384 g/mol. The summed E-state index contributed by atoms with van der Waals surface area (Å²) >= 11 is 11.0. The molecule has 0 aromatic carbocycles. The molecule has 0 unspecified atom stereocenters. The third-order valence-electron chi connectivity index (χ3n) is 3.01. The molecular formula is C12H13ClN2O3S4. The molecule has 0 amide bonds. The van der Waals surface area contributed by atoms with Crippen LogP contribution in [0.2, 0.25) is 5.02 Å². The van der Waals surface area contributed by atoms with Gasteiger partial charge in [0.05, 0.1) is 4.58 Å². The van der Waals surface area contributed by atoms with Crippen molar-refractivity contribution in [3.63, 3.8) is 0 Å². The molecule has 1 saturated heterocycles. The van der Waals surface area contributed by atoms with Gasteiger partial charge < -0.3 is 4.52 Å². The monoisotopic (exact) mass is 396 g/mol. The van der Waals surface area contributed by atoms with Gasteiger partial charge in [-0.15, -0.1) is 34.9 Å². The van der Waals surface area contributed by atoms with Gasteiger partial charge in [-0.2, -0.15) is 0 Å². The molecule has 0 atom stereocenters. The average Bonchev–Trinajstić information content (AvgIpc) is 3.11. The first-order chi connectivity index (χ1) is 10.5. The predicted octanol–water partition coefficient (Wildman–Crippen LogP) is 4.37. The maximum absolute atomic E-state index is 12.6. The summed E-state index contributed by atoms with van der Waals surface area (Å²) in [5.41, 5.74) is 0.448. The van der Waals surface area contributed by atoms with Crippen molar-refractivity contribution in [2.24, 2.45) is 0 Å². The van der Waals surface area contributed by atoms with Crippen LogP contribution in [0.4, 0.5) is 5.88 Å². The van der Waals surface area contributed by atoms with Gasteiger partial charge >= 0.3 is 0 Å². The molecule has 0 aliphatic carbocycles. The van der Waals surface area contributed by atoms with Crippen molar-refractivity contribution in [3.8, 4) is 0 Å². The standard InChI is InChI=1S/C12H13ClN2O3S4/c1-7-9(13)11(18-14-7)15-22(16,17)8-3-6-19-10(8)12-20-4-2-5-21-12/h3,6,12,15H,2,4-5H2,1H3. The molecule has 0 radical (unpaired) electrons. The Bertz CT molecular complexity index is 765. The highest BCUT2D eigenvalue weighted by Gasteiger charge is 2.29. The summed E-state index contributed by atoms with van der Waals surface area (Å²) in [7, 11) is -3.74. The van der Waals surface area contributed by atoms with Gasteiger partial charge in [0, 0.05) is 4.88 Å². The minimum absolute atomic E-state index is 0.0414. The number of aromatic nitrogens is 1. The van der Waals surface area contributed by atoms with Crippen LogP contribution in [0.5, 0.6) is 0 Å². The lowest BCUT2D eigenvalue weighted by Crippen LogP contribution is -2.14. The Labute approximate surface area is 146 Å². The second kappa shape index (κ2) is 6.64. The van der Waals surface area contributed by atoms with Crippen LogP contribution < -0.4 is 4.72 Å². The lowest BCUT2D eigenvalue weighted by molar-refractivity contribution is 0.430. The summed E-state index contributed by atoms with van der Waals surface area (Å²) in [5, 5.41) is 5.64. The molecule has 0 saturated carbocycles. The first-order valence-electron chi connectivity index (χ1n) is 6.44. The van der Waals surface area contributed by atoms with E-state index in [9.17, 15) is 8.42 Å². The zero-order chi connectivity index (χ0) is 15.7. The molecule has 1 aliphatic heterocycles. The lowest BCUT2D eigenvalue weighted by Gasteiger charge is -2.20. The van der Waals surface area contributed by atoms with Gasteiger partial charge in [-0.05, 0) is 36.3 Å². The van der Waals surface area contributed by atoms with E-state index in [1.54, 1.807) is 41.9 Å². The van der Waals surface area contributed by atoms with Crippen LogP contribution in [0.1, 0.15) is 21.6 Å². The lowest BCUT2D eigenvalue weighted by atomic mass is 10.5. The fourth-order valence-corrected chi connectivity index (χ4v) is 8.09. The van der Waals surface area contributed by atoms with E-state index < -0.39 is 10.0 Å². The number of hydrogen-bond acceptors (Lipinski definition) is 7. The van der Waals surface area contributed by atoms with Crippen LogP contribution in [-0.4, -0.2) is 25.1 Å². The third-order valence-corrected chi connectivity index (χ3v) is 9.19. The van der Waals surface area contributed by atoms with Crippen molar-refractivity contribution >= 4 is 62.4 Å². The van der Waals surface area contributed by atoms with Gasteiger partial charge in [-0.1, -0.05) is 16.8 Å². The van der Waals surface area contributed by atoms with E-state index in [1.165, 1.54) is 11.3 Å². The molecule has 0 bridgehead atoms. The molecule has 2 aromatic rings. The number of thioether (sulfide) groups is 2. The van der Waals surface area contributed by atoms with Gasteiger partial charge in [0.2, 0.25) is 0 Å². The minimum Gasteiger partial charge on any atom is -0.336 e. The summed E-state index contributed by atoms with van der Waals surface area (Å²) in [6.07, 6.45) is 1.16. The number of aryl methyl sites for hydroxylation is 1. The van der Waals surface area contributed by atoms with Crippen molar-refractivity contribution in [1.29, 1.82) is 0 Å². The molecule has 3 rings (SSSR count). The fraction of sp³-hybridized carbons (Fsp3) is 0.417. The molecule has 1 fully saturated rings. The molecule has 22 heavy (non-hydrogen) atoms. The number of sulfonamides is 1. The Hall–Kier alpha value is -0.350. The Morgan fingerprint density at radius 2 is 2.14 bits per heavy atom. The number of nitrogens with one attached hydrogen (secondary N) is 1. The Kier molecular flexibility index (Phi) is 4.98. The number of nitrogens with zero attached hydrogens (tertiary/aromatic N) is 1. The van der Waals surface area contributed by atoms with Gasteiger partial charge in [0.1, 0.15) is 15.6 Å². The second-order valence-electron chi connectivity index (χ2n) is 4.59. The van der Waals surface area contributed by atoms with Gasteiger partial charge in [-0.25, -0.2) is 13.1 Å². The largest absolute Gasteiger partial charge is 0.336 e. The summed E-state index contributed by atoms with van der Waals surface area (Å²) < 4.78 is 32.7. The van der Waals surface area contributed by atoms with E-state index in [0.717, 1.165) is 22.8 Å². The van der Waals surface area contributed by atoms with E-state index in [0.29, 0.717) is 5.69 Å². The zero-order valence-electron chi connectivity index (χ0n) is 11.5. The SMILES string of the molecule is Cc1noc(NS(=O)(=O)c2ccsc2C2SCCCS2)c1Cl. The summed E-state index contributed by atoms with van der Waals surface area (Å²) in [6.45, 7) is 1.65. The van der Waals surface area contributed by atoms with E-state index in [4.69, 9.17) is 16.1 Å². The van der Waals surface area contributed by atoms with Gasteiger partial charge in [0.15, 0.2) is 0 Å². The third kappa shape index (κ3) is 3.28. The summed E-state index contributed by atoms with van der Waals surface area (Å²) in [6, 6.07) is 1.62. The van der Waals surface area contributed by atoms with E-state index in [-0.39, 0.29) is 20.4 Å². The number of halogens is 1. The van der Waals surface area contributed by atoms with Crippen molar-refractivity contribution < 1.29 is 12.9 Å². The summed E-state index contributed by atoms with van der Waals surface area (Å²) in [5.74, 6) is 2.06. The maximum Gasteiger partial charge on any atom is 0.265 e. The number of anilines is 1. The Morgan fingerprint density at radius 1 is 1.41 bits per heavy atom. The van der Waals surface area contributed by atoms with Crippen LogP contribution in [-0.2, 0) is 10.0 Å². The number of thiophene rings is 1. The molecule has 2 aromatic heterocycles. The van der Waals surface area contributed by atoms with Crippen LogP contribution >= 0.6 is 46.5 Å². The Balaban J connectivity index is 1.89. The first kappa shape index (κ1) is 16.5. The number of rotatable bonds is 4. The van der Waals surface area contributed by atoms with Gasteiger partial charge in [0.25, 0.3) is 15.9 Å². The number of hydrogen-bond donors (Lipinski definition) is 1. The highest BCUT2D eigenvalue weighted by molar-refractivity contribution is 8.17. The van der Waals surface area contributed by atoms with Crippen LogP contribution in [0, 0.1) is 6.92 Å². The quantitative estimate of drug-likeness (QED) is 0.827. The smallest absolute Gasteiger partial charge is 0.265 e. The van der Waals surface area contributed by atoms with Crippen molar-refractivity contribution in [2.75, 3.05) is 16.2 Å². The molecule has 3 heterocycles. The molecule has 1 aliphatic rings. The summed E-state index contributed by atoms with van der Waals surface area (Å²) in [4.78, 5) is 1.14. The fourth-order valence-electron chi connectivity index (χ4n) is 1.94. The molecule has 120 valence electrons. The topological polar surface area (TPSA) is 72.2 Å². The predicted molar refractivity (Wildman–Crippen MR) is 93.7 cm³/mol. The second-order valence-corrected chi connectivity index (χ2v) is 10.3. The first-order valence-corrected chi connectivity index (χ1v) is 11.3. The van der Waals surface area contributed by atoms with Crippen LogP contribution in [0.25, 0.3) is 0 Å². The molecule has 0 spiro atoms. The minimum atomic E-state index is -3.74. The van der Waals surface area contributed by atoms with E-state index >= 15 is 0 Å². The maximum atomic E-state index is 12.6. The van der Waals surface area contributed by atoms with Crippen molar-refractivity contribution in [2.45, 2.75) is 22.8 Å². The molecule has 5 nitrogen and oxygen atoms in total. The highest BCUT2D eigenvalue weighted by Crippen LogP contribution is 2.48.